The van der Waals surface area contributed by atoms with E-state index in [1.807, 2.05) is 48.3 Å². The van der Waals surface area contributed by atoms with E-state index in [4.69, 9.17) is 11.6 Å². The molecule has 0 heterocycles. The Balaban J connectivity index is 2.22. The predicted octanol–water partition coefficient (Wildman–Crippen LogP) is 4.47. The third-order valence-corrected chi connectivity index (χ3v) is 3.35. The summed E-state index contributed by atoms with van der Waals surface area (Å²) in [6.07, 6.45) is 4.20. The van der Waals surface area contributed by atoms with Gasteiger partial charge in [-0.25, -0.2) is 0 Å². The van der Waals surface area contributed by atoms with E-state index >= 15 is 0 Å². The van der Waals surface area contributed by atoms with E-state index in [0.29, 0.717) is 6.00 Å². The van der Waals surface area contributed by atoms with Crippen molar-refractivity contribution in [2.45, 2.75) is 0 Å². The lowest BCUT2D eigenvalue weighted by molar-refractivity contribution is 0.434. The first-order valence-electron chi connectivity index (χ1n) is 6.62. The molecule has 0 aliphatic heterocycles. The molecule has 2 aromatic rings. The Hall–Kier alpha value is -1.77. The van der Waals surface area contributed by atoms with Crippen LogP contribution in [0.1, 0.15) is 0 Å². The fraction of sp³-hybridized carbons (Fsp3) is 0.176. The minimum atomic E-state index is 0.529. The fourth-order valence-corrected chi connectivity index (χ4v) is 1.98. The van der Waals surface area contributed by atoms with Gasteiger partial charge in [0.1, 0.15) is 0 Å². The molecule has 20 heavy (non-hydrogen) atoms. The van der Waals surface area contributed by atoms with Crippen molar-refractivity contribution >= 4 is 23.0 Å². The number of nitrogens with zero attached hydrogens (tertiary/aromatic N) is 2. The monoisotopic (exact) mass is 286 g/mol. The Bertz CT molecular complexity index is 486. The first kappa shape index (κ1) is 14.6. The Morgan fingerprint density at radius 1 is 0.900 bits per heavy atom. The zero-order valence-corrected chi connectivity index (χ0v) is 12.4. The number of halogens is 1. The molecule has 0 fully saturated rings. The van der Waals surface area contributed by atoms with Crippen molar-refractivity contribution in [2.24, 2.45) is 0 Å². The van der Waals surface area contributed by atoms with E-state index in [1.54, 1.807) is 0 Å². The maximum atomic E-state index is 5.78. The molecular weight excluding hydrogens is 268 g/mol. The van der Waals surface area contributed by atoms with Crippen molar-refractivity contribution in [3.63, 3.8) is 0 Å². The lowest BCUT2D eigenvalue weighted by atomic mass is 10.2. The second-order valence-electron chi connectivity index (χ2n) is 4.58. The molecule has 0 spiro atoms. The standard InChI is InChI=1S/C17H19ClN2/c1-19(15-18)13-8-14-20(16-9-4-2-5-10-16)17-11-6-3-7-12-17/h2-12,14H,13,15H2,1H3. The first-order chi connectivity index (χ1) is 9.81. The van der Waals surface area contributed by atoms with Gasteiger partial charge in [-0.3, -0.25) is 4.90 Å². The van der Waals surface area contributed by atoms with E-state index in [1.165, 1.54) is 0 Å². The van der Waals surface area contributed by atoms with Crippen LogP contribution in [0.25, 0.3) is 0 Å². The number of para-hydroxylation sites is 2. The highest BCUT2D eigenvalue weighted by atomic mass is 35.5. The van der Waals surface area contributed by atoms with Crippen LogP contribution in [0.2, 0.25) is 0 Å². The largest absolute Gasteiger partial charge is 0.317 e. The molecule has 2 nitrogen and oxygen atoms in total. The van der Waals surface area contributed by atoms with E-state index < -0.39 is 0 Å². The number of benzene rings is 2. The van der Waals surface area contributed by atoms with Gasteiger partial charge in [0.25, 0.3) is 0 Å². The van der Waals surface area contributed by atoms with Crippen LogP contribution in [0.3, 0.4) is 0 Å². The highest BCUT2D eigenvalue weighted by Gasteiger charge is 2.04. The van der Waals surface area contributed by atoms with Crippen molar-refractivity contribution in [3.05, 3.63) is 72.9 Å². The van der Waals surface area contributed by atoms with Gasteiger partial charge in [-0.05, 0) is 31.3 Å². The summed E-state index contributed by atoms with van der Waals surface area (Å²) in [5.74, 6) is 0. The van der Waals surface area contributed by atoms with Gasteiger partial charge in [0.05, 0.1) is 6.00 Å². The quantitative estimate of drug-likeness (QED) is 0.571. The van der Waals surface area contributed by atoms with Crippen molar-refractivity contribution in [1.29, 1.82) is 0 Å². The number of likely N-dealkylation sites (N-methyl/N-ethyl adjacent to an activating group) is 1. The van der Waals surface area contributed by atoms with Gasteiger partial charge in [0.2, 0.25) is 0 Å². The Morgan fingerprint density at radius 3 is 1.85 bits per heavy atom. The van der Waals surface area contributed by atoms with Gasteiger partial charge in [0.15, 0.2) is 0 Å². The maximum Gasteiger partial charge on any atom is 0.0738 e. The molecule has 104 valence electrons. The highest BCUT2D eigenvalue weighted by Crippen LogP contribution is 2.25. The molecule has 0 unspecified atom stereocenters. The Morgan fingerprint density at radius 2 is 1.40 bits per heavy atom. The van der Waals surface area contributed by atoms with Crippen LogP contribution in [-0.2, 0) is 0 Å². The van der Waals surface area contributed by atoms with Crippen molar-refractivity contribution < 1.29 is 0 Å². The summed E-state index contributed by atoms with van der Waals surface area (Å²) in [6, 6.07) is 21.2. The Labute approximate surface area is 125 Å². The van der Waals surface area contributed by atoms with E-state index in [0.717, 1.165) is 17.9 Å². The van der Waals surface area contributed by atoms with Gasteiger partial charge in [-0.15, -0.1) is 11.6 Å². The molecule has 0 atom stereocenters. The van der Waals surface area contributed by atoms with Crippen molar-refractivity contribution in [3.8, 4) is 0 Å². The molecule has 0 saturated carbocycles. The molecule has 0 aliphatic carbocycles. The molecule has 2 rings (SSSR count). The predicted molar refractivity (Wildman–Crippen MR) is 87.5 cm³/mol. The molecular formula is C17H19ClN2. The second-order valence-corrected chi connectivity index (χ2v) is 4.82. The SMILES string of the molecule is CN(CCl)CC=CN(c1ccccc1)c1ccccc1. The maximum absolute atomic E-state index is 5.78. The van der Waals surface area contributed by atoms with E-state index in [-0.39, 0.29) is 0 Å². The second kappa shape index (κ2) is 7.73. The summed E-state index contributed by atoms with van der Waals surface area (Å²) < 4.78 is 0. The van der Waals surface area contributed by atoms with E-state index in [2.05, 4.69) is 41.4 Å². The molecule has 3 heteroatoms. The summed E-state index contributed by atoms with van der Waals surface area (Å²) in [4.78, 5) is 4.20. The zero-order chi connectivity index (χ0) is 14.2. The smallest absolute Gasteiger partial charge is 0.0738 e. The third kappa shape index (κ3) is 4.12. The molecule has 0 aromatic heterocycles. The van der Waals surface area contributed by atoms with Crippen LogP contribution in [-0.4, -0.2) is 24.5 Å². The highest BCUT2D eigenvalue weighted by molar-refractivity contribution is 6.17. The summed E-state index contributed by atoms with van der Waals surface area (Å²) >= 11 is 5.78. The van der Waals surface area contributed by atoms with Crippen LogP contribution in [0.15, 0.2) is 72.9 Å². The normalized spacial score (nSPS) is 11.2. The van der Waals surface area contributed by atoms with Gasteiger partial charge in [0, 0.05) is 24.1 Å². The van der Waals surface area contributed by atoms with Crippen LogP contribution in [0.5, 0.6) is 0 Å². The van der Waals surface area contributed by atoms with Crippen molar-refractivity contribution in [2.75, 3.05) is 24.5 Å². The minimum Gasteiger partial charge on any atom is -0.317 e. The lowest BCUT2D eigenvalue weighted by Crippen LogP contribution is -2.17. The first-order valence-corrected chi connectivity index (χ1v) is 7.15. The summed E-state index contributed by atoms with van der Waals surface area (Å²) in [5.41, 5.74) is 2.28. The summed E-state index contributed by atoms with van der Waals surface area (Å²) in [6.45, 7) is 0.819. The van der Waals surface area contributed by atoms with Crippen LogP contribution in [0, 0.1) is 0 Å². The molecule has 0 amide bonds. The minimum absolute atomic E-state index is 0.529. The number of alkyl halides is 1. The number of anilines is 2. The molecule has 0 radical (unpaired) electrons. The number of rotatable bonds is 6. The topological polar surface area (TPSA) is 6.48 Å². The van der Waals surface area contributed by atoms with Crippen LogP contribution < -0.4 is 4.90 Å². The number of hydrogen-bond donors (Lipinski definition) is 0. The third-order valence-electron chi connectivity index (χ3n) is 2.94. The lowest BCUT2D eigenvalue weighted by Gasteiger charge is -2.21. The fourth-order valence-electron chi connectivity index (χ4n) is 1.88. The van der Waals surface area contributed by atoms with E-state index in [9.17, 15) is 0 Å². The average Bonchev–Trinajstić information content (AvgIpc) is 2.53. The Kier molecular flexibility index (Phi) is 5.66. The number of hydrogen-bond acceptors (Lipinski definition) is 2. The van der Waals surface area contributed by atoms with Crippen LogP contribution in [0.4, 0.5) is 11.4 Å². The molecule has 0 saturated heterocycles. The van der Waals surface area contributed by atoms with Crippen molar-refractivity contribution in [1.82, 2.24) is 4.90 Å². The molecule has 0 bridgehead atoms. The summed E-state index contributed by atoms with van der Waals surface area (Å²) in [5, 5.41) is 0. The molecule has 2 aromatic carbocycles. The summed E-state index contributed by atoms with van der Waals surface area (Å²) in [7, 11) is 1.99. The molecule has 0 aliphatic rings. The van der Waals surface area contributed by atoms with Gasteiger partial charge >= 0.3 is 0 Å². The van der Waals surface area contributed by atoms with Gasteiger partial charge in [-0.1, -0.05) is 42.5 Å². The zero-order valence-electron chi connectivity index (χ0n) is 11.6. The average molecular weight is 287 g/mol. The van der Waals surface area contributed by atoms with Gasteiger partial charge in [-0.2, -0.15) is 0 Å². The molecule has 0 N–H and O–H groups in total. The van der Waals surface area contributed by atoms with Gasteiger partial charge < -0.3 is 4.90 Å². The van der Waals surface area contributed by atoms with Crippen LogP contribution >= 0.6 is 11.6 Å².